The molecule has 0 atom stereocenters. The van der Waals surface area contributed by atoms with Gasteiger partial charge in [-0.2, -0.15) is 0 Å². The Kier molecular flexibility index (Phi) is 3.13. The van der Waals surface area contributed by atoms with Crippen LogP contribution in [0.15, 0.2) is 47.5 Å². The Labute approximate surface area is 122 Å². The highest BCUT2D eigenvalue weighted by Gasteiger charge is 2.16. The molecular formula is C14H14N4O2S. The van der Waals surface area contributed by atoms with Crippen molar-refractivity contribution in [3.8, 4) is 0 Å². The number of anilines is 1. The van der Waals surface area contributed by atoms with Gasteiger partial charge in [-0.1, -0.05) is 12.1 Å². The fourth-order valence-electron chi connectivity index (χ4n) is 2.07. The van der Waals surface area contributed by atoms with Gasteiger partial charge in [0, 0.05) is 11.9 Å². The van der Waals surface area contributed by atoms with Gasteiger partial charge in [0.1, 0.15) is 10.7 Å². The molecule has 0 bridgehead atoms. The monoisotopic (exact) mass is 302 g/mol. The first-order valence-corrected chi connectivity index (χ1v) is 7.85. The normalized spacial score (nSPS) is 11.7. The van der Waals surface area contributed by atoms with Gasteiger partial charge in [0.05, 0.1) is 0 Å². The lowest BCUT2D eigenvalue weighted by Crippen LogP contribution is -2.13. The van der Waals surface area contributed by atoms with Gasteiger partial charge in [-0.25, -0.2) is 8.42 Å². The minimum absolute atomic E-state index is 0.166. The Morgan fingerprint density at radius 2 is 1.90 bits per heavy atom. The van der Waals surface area contributed by atoms with Crippen LogP contribution in [0.25, 0.3) is 5.65 Å². The maximum Gasteiger partial charge on any atom is 0.263 e. The van der Waals surface area contributed by atoms with Gasteiger partial charge in [0.25, 0.3) is 10.0 Å². The molecule has 0 unspecified atom stereocenters. The zero-order valence-corrected chi connectivity index (χ0v) is 12.4. The van der Waals surface area contributed by atoms with E-state index in [0.717, 1.165) is 5.56 Å². The highest BCUT2D eigenvalue weighted by Crippen LogP contribution is 2.17. The molecular weight excluding hydrogens is 288 g/mol. The second kappa shape index (κ2) is 4.85. The van der Waals surface area contributed by atoms with E-state index in [0.29, 0.717) is 17.2 Å². The summed E-state index contributed by atoms with van der Waals surface area (Å²) in [4.78, 5) is 0.166. The van der Waals surface area contributed by atoms with Crippen LogP contribution in [0.4, 0.5) is 5.69 Å². The number of hydrogen-bond acceptors (Lipinski definition) is 4. The summed E-state index contributed by atoms with van der Waals surface area (Å²) in [5.74, 6) is 0.637. The molecule has 3 rings (SSSR count). The molecule has 0 spiro atoms. The minimum Gasteiger partial charge on any atom is -0.285 e. The van der Waals surface area contributed by atoms with Crippen molar-refractivity contribution in [2.75, 3.05) is 4.72 Å². The summed E-state index contributed by atoms with van der Waals surface area (Å²) in [6.07, 6.45) is 1.52. The lowest BCUT2D eigenvalue weighted by Gasteiger charge is -2.09. The van der Waals surface area contributed by atoms with Crippen molar-refractivity contribution < 1.29 is 8.42 Å². The topological polar surface area (TPSA) is 76.4 Å². The minimum atomic E-state index is -3.64. The predicted octanol–water partition coefficient (Wildman–Crippen LogP) is 2.15. The molecule has 0 saturated heterocycles. The third-order valence-electron chi connectivity index (χ3n) is 3.13. The Hall–Kier alpha value is -2.41. The average Bonchev–Trinajstić information content (AvgIpc) is 2.79. The summed E-state index contributed by atoms with van der Waals surface area (Å²) in [6.45, 7) is 3.68. The van der Waals surface area contributed by atoms with Crippen LogP contribution in [0.5, 0.6) is 0 Å². The third kappa shape index (κ3) is 2.59. The summed E-state index contributed by atoms with van der Waals surface area (Å²) in [5.41, 5.74) is 2.14. The maximum absolute atomic E-state index is 12.4. The molecule has 7 heteroatoms. The van der Waals surface area contributed by atoms with Crippen molar-refractivity contribution in [1.29, 1.82) is 0 Å². The summed E-state index contributed by atoms with van der Waals surface area (Å²) >= 11 is 0. The molecule has 0 saturated carbocycles. The highest BCUT2D eigenvalue weighted by atomic mass is 32.2. The molecule has 6 nitrogen and oxygen atoms in total. The first kappa shape index (κ1) is 13.6. The number of benzene rings is 1. The Balaban J connectivity index is 2.01. The number of sulfonamides is 1. The molecule has 0 amide bonds. The van der Waals surface area contributed by atoms with E-state index in [9.17, 15) is 8.42 Å². The maximum atomic E-state index is 12.4. The number of hydrogen-bond donors (Lipinski definition) is 1. The standard InChI is InChI=1S/C14H14N4O2S/c1-10-4-3-5-12(8-10)17-21(19,20)13-6-7-14-16-15-11(2)18(14)9-13/h3-9,17H,1-2H3. The average molecular weight is 302 g/mol. The van der Waals surface area contributed by atoms with Crippen molar-refractivity contribution in [2.45, 2.75) is 18.7 Å². The summed E-state index contributed by atoms with van der Waals surface area (Å²) in [5, 5.41) is 7.85. The molecule has 0 aliphatic carbocycles. The lowest BCUT2D eigenvalue weighted by atomic mass is 10.2. The molecule has 0 radical (unpaired) electrons. The van der Waals surface area contributed by atoms with Crippen LogP contribution in [-0.4, -0.2) is 23.0 Å². The first-order chi connectivity index (χ1) is 9.95. The molecule has 3 aromatic rings. The number of fused-ring (bicyclic) bond motifs is 1. The largest absolute Gasteiger partial charge is 0.285 e. The first-order valence-electron chi connectivity index (χ1n) is 6.36. The molecule has 0 fully saturated rings. The fourth-order valence-corrected chi connectivity index (χ4v) is 3.11. The second-order valence-corrected chi connectivity index (χ2v) is 6.50. The zero-order chi connectivity index (χ0) is 15.0. The van der Waals surface area contributed by atoms with Crippen LogP contribution in [0.2, 0.25) is 0 Å². The molecule has 1 N–H and O–H groups in total. The number of pyridine rings is 1. The fraction of sp³-hybridized carbons (Fsp3) is 0.143. The van der Waals surface area contributed by atoms with Crippen LogP contribution < -0.4 is 4.72 Å². The van der Waals surface area contributed by atoms with Gasteiger partial charge in [-0.3, -0.25) is 9.12 Å². The molecule has 1 aromatic carbocycles. The van der Waals surface area contributed by atoms with Crippen LogP contribution in [0.1, 0.15) is 11.4 Å². The van der Waals surface area contributed by atoms with Crippen molar-refractivity contribution in [2.24, 2.45) is 0 Å². The van der Waals surface area contributed by atoms with E-state index in [2.05, 4.69) is 14.9 Å². The van der Waals surface area contributed by atoms with Crippen LogP contribution in [0.3, 0.4) is 0 Å². The van der Waals surface area contributed by atoms with Crippen molar-refractivity contribution >= 4 is 21.4 Å². The lowest BCUT2D eigenvalue weighted by molar-refractivity contribution is 0.600. The van der Waals surface area contributed by atoms with E-state index in [1.807, 2.05) is 13.0 Å². The number of nitrogens with one attached hydrogen (secondary N) is 1. The Bertz CT molecular complexity index is 916. The Morgan fingerprint density at radius 3 is 2.67 bits per heavy atom. The zero-order valence-electron chi connectivity index (χ0n) is 11.6. The SMILES string of the molecule is Cc1cccc(NS(=O)(=O)c2ccc3nnc(C)n3c2)c1. The van der Waals surface area contributed by atoms with Gasteiger partial charge in [0.2, 0.25) is 0 Å². The summed E-state index contributed by atoms with van der Waals surface area (Å²) < 4.78 is 29.1. The van der Waals surface area contributed by atoms with Crippen LogP contribution in [0, 0.1) is 13.8 Å². The van der Waals surface area contributed by atoms with Crippen molar-refractivity contribution in [3.05, 3.63) is 54.0 Å². The third-order valence-corrected chi connectivity index (χ3v) is 4.49. The number of aryl methyl sites for hydroxylation is 2. The van der Waals surface area contributed by atoms with E-state index in [1.165, 1.54) is 12.3 Å². The number of aromatic nitrogens is 3. The van der Waals surface area contributed by atoms with Gasteiger partial charge >= 0.3 is 0 Å². The molecule has 2 heterocycles. The summed E-state index contributed by atoms with van der Waals surface area (Å²) in [6, 6.07) is 10.4. The molecule has 108 valence electrons. The van der Waals surface area contributed by atoms with Crippen molar-refractivity contribution in [1.82, 2.24) is 14.6 Å². The molecule has 0 aliphatic heterocycles. The Morgan fingerprint density at radius 1 is 1.10 bits per heavy atom. The van der Waals surface area contributed by atoms with E-state index in [-0.39, 0.29) is 4.90 Å². The molecule has 0 aliphatic rings. The predicted molar refractivity (Wildman–Crippen MR) is 79.7 cm³/mol. The van der Waals surface area contributed by atoms with E-state index >= 15 is 0 Å². The molecule has 2 aromatic heterocycles. The van der Waals surface area contributed by atoms with Gasteiger partial charge in [-0.15, -0.1) is 10.2 Å². The van der Waals surface area contributed by atoms with E-state index in [4.69, 9.17) is 0 Å². The van der Waals surface area contributed by atoms with E-state index in [1.54, 1.807) is 35.6 Å². The van der Waals surface area contributed by atoms with E-state index < -0.39 is 10.0 Å². The van der Waals surface area contributed by atoms with Crippen molar-refractivity contribution in [3.63, 3.8) is 0 Å². The van der Waals surface area contributed by atoms with Crippen LogP contribution in [-0.2, 0) is 10.0 Å². The second-order valence-electron chi connectivity index (χ2n) is 4.82. The van der Waals surface area contributed by atoms with Gasteiger partial charge < -0.3 is 0 Å². The molecule has 21 heavy (non-hydrogen) atoms. The summed E-state index contributed by atoms with van der Waals surface area (Å²) in [7, 11) is -3.64. The van der Waals surface area contributed by atoms with Gasteiger partial charge in [0.15, 0.2) is 5.65 Å². The smallest absolute Gasteiger partial charge is 0.263 e. The van der Waals surface area contributed by atoms with Crippen LogP contribution >= 0.6 is 0 Å². The number of rotatable bonds is 3. The number of nitrogens with zero attached hydrogens (tertiary/aromatic N) is 3. The quantitative estimate of drug-likeness (QED) is 0.804. The van der Waals surface area contributed by atoms with Gasteiger partial charge in [-0.05, 0) is 43.7 Å². The highest BCUT2D eigenvalue weighted by molar-refractivity contribution is 7.92.